The predicted octanol–water partition coefficient (Wildman–Crippen LogP) is 2.50. The number of hydrogen-bond donors (Lipinski definition) is 1. The molecule has 0 heterocycles. The van der Waals surface area contributed by atoms with Gasteiger partial charge in [-0.1, -0.05) is 64.7 Å². The van der Waals surface area contributed by atoms with E-state index in [1.165, 1.54) is 44.9 Å². The van der Waals surface area contributed by atoms with Gasteiger partial charge in [0.2, 0.25) is 0 Å². The molecule has 1 N–H and O–H groups in total. The maximum absolute atomic E-state index is 10.4. The quantitative estimate of drug-likeness (QED) is 0.362. The summed E-state index contributed by atoms with van der Waals surface area (Å²) in [6, 6.07) is 0. The number of hydrogen-bond acceptors (Lipinski definition) is 2. The van der Waals surface area contributed by atoms with Crippen LogP contribution in [0, 0.1) is 0 Å². The van der Waals surface area contributed by atoms with Crippen molar-refractivity contribution in [2.75, 3.05) is 5.75 Å². The minimum atomic E-state index is -3.73. The summed E-state index contributed by atoms with van der Waals surface area (Å²) in [5, 5.41) is 0. The molecule has 0 aromatic heterocycles. The number of unbranched alkanes of at least 4 members (excludes halogenated alkanes) is 9. The molecule has 0 aliphatic carbocycles. The van der Waals surface area contributed by atoms with Gasteiger partial charge in [0, 0.05) is 0 Å². The Kier molecular flexibility index (Phi) is 23.5. The van der Waals surface area contributed by atoms with E-state index in [-0.39, 0.29) is 64.9 Å². The third-order valence-corrected chi connectivity index (χ3v) is 3.56. The summed E-state index contributed by atoms with van der Waals surface area (Å²) >= 11 is 0. The second-order valence-corrected chi connectivity index (χ2v) is 6.04. The molecular weight excluding hydrogens is 270 g/mol. The van der Waals surface area contributed by atoms with E-state index in [0.717, 1.165) is 12.8 Å². The van der Waals surface area contributed by atoms with Crippen LogP contribution in [0.3, 0.4) is 0 Å². The van der Waals surface area contributed by atoms with Crippen LogP contribution in [-0.4, -0.2) is 77.8 Å². The molecule has 0 amide bonds. The second-order valence-electron chi connectivity index (χ2n) is 4.47. The molecule has 0 spiro atoms. The van der Waals surface area contributed by atoms with Gasteiger partial charge in [-0.3, -0.25) is 4.55 Å². The third-order valence-electron chi connectivity index (χ3n) is 2.76. The molecule has 0 rings (SSSR count). The van der Waals surface area contributed by atoms with E-state index in [2.05, 4.69) is 6.92 Å². The molecule has 0 radical (unpaired) electrons. The first-order chi connectivity index (χ1) is 7.56. The van der Waals surface area contributed by atoms with E-state index in [1.807, 2.05) is 0 Å². The summed E-state index contributed by atoms with van der Waals surface area (Å²) < 4.78 is 29.4. The first-order valence-corrected chi connectivity index (χ1v) is 8.12. The summed E-state index contributed by atoms with van der Waals surface area (Å²) in [5.74, 6) is -0.0799. The molecule has 0 unspecified atom stereocenters. The van der Waals surface area contributed by atoms with Gasteiger partial charge in [0.25, 0.3) is 10.1 Å². The molecule has 0 atom stereocenters. The molecule has 0 fully saturated rings. The van der Waals surface area contributed by atoms with Gasteiger partial charge >= 0.3 is 59.1 Å². The molecule has 18 heavy (non-hydrogen) atoms. The van der Waals surface area contributed by atoms with E-state index in [1.54, 1.807) is 0 Å². The average molecular weight is 298 g/mol. The van der Waals surface area contributed by atoms with Crippen LogP contribution in [-0.2, 0) is 10.1 Å². The van der Waals surface area contributed by atoms with Crippen molar-refractivity contribution in [2.24, 2.45) is 0 Å². The van der Waals surface area contributed by atoms with Gasteiger partial charge in [0.05, 0.1) is 5.75 Å². The minimum absolute atomic E-state index is 0. The van der Waals surface area contributed by atoms with Crippen LogP contribution in [0.5, 0.6) is 0 Å². The molecule has 0 saturated carbocycles. The SMILES string of the molecule is CCCCCCCCCCCCS(=O)(=O)O.[NaH].[NaH]. The molecule has 3 nitrogen and oxygen atoms in total. The van der Waals surface area contributed by atoms with Gasteiger partial charge in [0.15, 0.2) is 0 Å². The molecular formula is C12H28Na2O3S. The molecule has 0 saturated heterocycles. The van der Waals surface area contributed by atoms with Crippen molar-refractivity contribution in [3.05, 3.63) is 0 Å². The van der Waals surface area contributed by atoms with E-state index in [9.17, 15) is 8.42 Å². The Balaban J connectivity index is -0.00000112. The molecule has 0 aromatic rings. The zero-order valence-corrected chi connectivity index (χ0v) is 11.3. The fourth-order valence-electron chi connectivity index (χ4n) is 1.77. The predicted molar refractivity (Wildman–Crippen MR) is 82.6 cm³/mol. The Morgan fingerprint density at radius 3 is 1.39 bits per heavy atom. The average Bonchev–Trinajstić information content (AvgIpc) is 2.19. The van der Waals surface area contributed by atoms with Crippen molar-refractivity contribution in [2.45, 2.75) is 71.1 Å². The summed E-state index contributed by atoms with van der Waals surface area (Å²) in [4.78, 5) is 0. The Labute approximate surface area is 157 Å². The molecule has 0 aromatic carbocycles. The maximum atomic E-state index is 10.4. The Bertz CT molecular complexity index is 244. The van der Waals surface area contributed by atoms with Gasteiger partial charge in [-0.05, 0) is 6.42 Å². The van der Waals surface area contributed by atoms with Crippen LogP contribution in [0.25, 0.3) is 0 Å². The van der Waals surface area contributed by atoms with Crippen molar-refractivity contribution < 1.29 is 13.0 Å². The van der Waals surface area contributed by atoms with Gasteiger partial charge in [-0.15, -0.1) is 0 Å². The third kappa shape index (κ3) is 23.0. The Morgan fingerprint density at radius 1 is 0.722 bits per heavy atom. The first kappa shape index (κ1) is 24.9. The zero-order valence-electron chi connectivity index (χ0n) is 10.5. The standard InChI is InChI=1S/C12H26O3S.2Na.2H/c1-2-3-4-5-6-7-8-9-10-11-12-16(13,14)15;;;;/h2-12H2,1H3,(H,13,14,15);;;;. The van der Waals surface area contributed by atoms with Crippen LogP contribution in [0.2, 0.25) is 0 Å². The number of rotatable bonds is 11. The molecule has 0 aliphatic heterocycles. The van der Waals surface area contributed by atoms with Crippen molar-refractivity contribution in [1.29, 1.82) is 0 Å². The Hall–Kier alpha value is 1.91. The van der Waals surface area contributed by atoms with Crippen LogP contribution >= 0.6 is 0 Å². The Morgan fingerprint density at radius 2 is 1.06 bits per heavy atom. The van der Waals surface area contributed by atoms with Crippen molar-refractivity contribution >= 4 is 69.2 Å². The summed E-state index contributed by atoms with van der Waals surface area (Å²) in [5.41, 5.74) is 0. The molecule has 0 aliphatic rings. The van der Waals surface area contributed by atoms with Gasteiger partial charge in [-0.25, -0.2) is 0 Å². The summed E-state index contributed by atoms with van der Waals surface area (Å²) in [7, 11) is -3.73. The second kappa shape index (κ2) is 17.0. The monoisotopic (exact) mass is 298 g/mol. The summed E-state index contributed by atoms with van der Waals surface area (Å²) in [6.45, 7) is 2.22. The van der Waals surface area contributed by atoms with E-state index < -0.39 is 10.1 Å². The zero-order chi connectivity index (χ0) is 12.3. The van der Waals surface area contributed by atoms with E-state index in [0.29, 0.717) is 6.42 Å². The topological polar surface area (TPSA) is 54.4 Å². The van der Waals surface area contributed by atoms with E-state index in [4.69, 9.17) is 4.55 Å². The fraction of sp³-hybridized carbons (Fsp3) is 1.00. The molecule has 102 valence electrons. The van der Waals surface area contributed by atoms with E-state index >= 15 is 0 Å². The first-order valence-electron chi connectivity index (χ1n) is 6.51. The molecule has 0 bridgehead atoms. The van der Waals surface area contributed by atoms with Crippen LogP contribution < -0.4 is 0 Å². The summed E-state index contributed by atoms with van der Waals surface area (Å²) in [6.07, 6.45) is 11.7. The van der Waals surface area contributed by atoms with Crippen LogP contribution in [0.15, 0.2) is 0 Å². The molecule has 6 heteroatoms. The van der Waals surface area contributed by atoms with Gasteiger partial charge in [-0.2, -0.15) is 8.42 Å². The van der Waals surface area contributed by atoms with Crippen molar-refractivity contribution in [3.8, 4) is 0 Å². The van der Waals surface area contributed by atoms with Gasteiger partial charge in [0.1, 0.15) is 0 Å². The van der Waals surface area contributed by atoms with Crippen LogP contribution in [0.1, 0.15) is 71.1 Å². The normalized spacial score (nSPS) is 10.6. The van der Waals surface area contributed by atoms with Crippen molar-refractivity contribution in [1.82, 2.24) is 0 Å². The fourth-order valence-corrected chi connectivity index (χ4v) is 2.34. The van der Waals surface area contributed by atoms with Gasteiger partial charge < -0.3 is 0 Å². The van der Waals surface area contributed by atoms with Crippen LogP contribution in [0.4, 0.5) is 0 Å². The van der Waals surface area contributed by atoms with Crippen molar-refractivity contribution in [3.63, 3.8) is 0 Å².